The Hall–Kier alpha value is -3.60. The van der Waals surface area contributed by atoms with Crippen LogP contribution in [0.5, 0.6) is 0 Å². The van der Waals surface area contributed by atoms with E-state index in [-0.39, 0.29) is 18.1 Å². The molecule has 1 aliphatic rings. The van der Waals surface area contributed by atoms with Gasteiger partial charge in [0.1, 0.15) is 6.61 Å². The number of rotatable bonds is 5. The van der Waals surface area contributed by atoms with E-state index in [1.165, 1.54) is 4.90 Å². The average Bonchev–Trinajstić information content (AvgIpc) is 3.07. The van der Waals surface area contributed by atoms with Crippen molar-refractivity contribution in [3.63, 3.8) is 0 Å². The molecule has 3 aromatic rings. The molecule has 0 spiro atoms. The van der Waals surface area contributed by atoms with Gasteiger partial charge in [-0.25, -0.2) is 9.59 Å². The van der Waals surface area contributed by atoms with E-state index in [0.717, 1.165) is 27.8 Å². The third kappa shape index (κ3) is 3.43. The topological polar surface area (TPSA) is 66.8 Å². The lowest BCUT2D eigenvalue weighted by atomic mass is 9.98. The van der Waals surface area contributed by atoms with Crippen LogP contribution < -0.4 is 4.90 Å². The van der Waals surface area contributed by atoms with Crippen LogP contribution in [-0.4, -0.2) is 30.3 Å². The second kappa shape index (κ2) is 8.03. The number of benzene rings is 3. The third-order valence-electron chi connectivity index (χ3n) is 5.55. The molecule has 0 saturated carbocycles. The fraction of sp³-hybridized carbons (Fsp3) is 0.200. The van der Waals surface area contributed by atoms with Gasteiger partial charge in [-0.2, -0.15) is 0 Å². The first-order chi connectivity index (χ1) is 14.5. The van der Waals surface area contributed by atoms with E-state index < -0.39 is 12.1 Å². The summed E-state index contributed by atoms with van der Waals surface area (Å²) in [7, 11) is 0. The number of carbonyl (C=O) groups is 2. The zero-order chi connectivity index (χ0) is 21.3. The SMILES string of the molecule is CCN(C(=O)OCC1c2ccccc2-c2ccccc21)c1ccc(C)cc1C(=O)O. The Balaban J connectivity index is 1.59. The van der Waals surface area contributed by atoms with Crippen LogP contribution in [0, 0.1) is 6.92 Å². The fourth-order valence-electron chi connectivity index (χ4n) is 4.13. The van der Waals surface area contributed by atoms with Gasteiger partial charge in [0.15, 0.2) is 0 Å². The Bertz CT molecular complexity index is 1080. The van der Waals surface area contributed by atoms with Crippen LogP contribution in [0.1, 0.15) is 39.9 Å². The van der Waals surface area contributed by atoms with Gasteiger partial charge in [0.2, 0.25) is 0 Å². The van der Waals surface area contributed by atoms with E-state index in [9.17, 15) is 14.7 Å². The Kier molecular flexibility index (Phi) is 5.27. The van der Waals surface area contributed by atoms with Crippen molar-refractivity contribution in [1.29, 1.82) is 0 Å². The molecule has 1 aliphatic carbocycles. The first-order valence-electron chi connectivity index (χ1n) is 9.97. The number of hydrogen-bond donors (Lipinski definition) is 1. The molecule has 0 aliphatic heterocycles. The Morgan fingerprint density at radius 2 is 1.57 bits per heavy atom. The molecule has 1 N–H and O–H groups in total. The van der Waals surface area contributed by atoms with Gasteiger partial charge in [-0.3, -0.25) is 4.90 Å². The van der Waals surface area contributed by atoms with E-state index in [1.807, 2.05) is 31.2 Å². The first kappa shape index (κ1) is 19.7. The van der Waals surface area contributed by atoms with Gasteiger partial charge < -0.3 is 9.84 Å². The number of ether oxygens (including phenoxy) is 1. The summed E-state index contributed by atoms with van der Waals surface area (Å²) in [6.45, 7) is 4.12. The smallest absolute Gasteiger partial charge is 0.414 e. The zero-order valence-electron chi connectivity index (χ0n) is 17.0. The summed E-state index contributed by atoms with van der Waals surface area (Å²) in [5.74, 6) is -1.12. The summed E-state index contributed by atoms with van der Waals surface area (Å²) in [6, 6.07) is 21.3. The predicted molar refractivity (Wildman–Crippen MR) is 116 cm³/mol. The summed E-state index contributed by atoms with van der Waals surface area (Å²) >= 11 is 0. The van der Waals surface area contributed by atoms with Crippen molar-refractivity contribution in [3.05, 3.63) is 89.0 Å². The molecule has 0 heterocycles. The molecule has 5 heteroatoms. The van der Waals surface area contributed by atoms with Crippen molar-refractivity contribution < 1.29 is 19.4 Å². The molecular weight excluding hydrogens is 378 g/mol. The molecule has 0 atom stereocenters. The molecule has 5 nitrogen and oxygen atoms in total. The summed E-state index contributed by atoms with van der Waals surface area (Å²) < 4.78 is 5.71. The van der Waals surface area contributed by atoms with Crippen molar-refractivity contribution in [3.8, 4) is 11.1 Å². The van der Waals surface area contributed by atoms with Gasteiger partial charge in [-0.1, -0.05) is 60.2 Å². The van der Waals surface area contributed by atoms with Gasteiger partial charge in [-0.15, -0.1) is 0 Å². The highest BCUT2D eigenvalue weighted by Gasteiger charge is 2.30. The highest BCUT2D eigenvalue weighted by molar-refractivity contribution is 6.00. The molecule has 0 radical (unpaired) electrons. The predicted octanol–water partition coefficient (Wildman–Crippen LogP) is 5.47. The first-order valence-corrected chi connectivity index (χ1v) is 9.97. The van der Waals surface area contributed by atoms with Gasteiger partial charge in [0.25, 0.3) is 0 Å². The Morgan fingerprint density at radius 3 is 2.13 bits per heavy atom. The second-order valence-corrected chi connectivity index (χ2v) is 7.37. The molecule has 3 aromatic carbocycles. The number of fused-ring (bicyclic) bond motifs is 3. The van der Waals surface area contributed by atoms with E-state index >= 15 is 0 Å². The van der Waals surface area contributed by atoms with Crippen molar-refractivity contribution in [2.24, 2.45) is 0 Å². The van der Waals surface area contributed by atoms with Crippen LogP contribution in [-0.2, 0) is 4.74 Å². The molecule has 0 bridgehead atoms. The second-order valence-electron chi connectivity index (χ2n) is 7.37. The number of carboxylic acids is 1. The molecule has 0 fully saturated rings. The molecule has 152 valence electrons. The monoisotopic (exact) mass is 401 g/mol. The van der Waals surface area contributed by atoms with Crippen molar-refractivity contribution in [2.45, 2.75) is 19.8 Å². The zero-order valence-corrected chi connectivity index (χ0v) is 17.0. The van der Waals surface area contributed by atoms with Crippen LogP contribution >= 0.6 is 0 Å². The Labute approximate surface area is 175 Å². The van der Waals surface area contributed by atoms with Crippen LogP contribution in [0.4, 0.5) is 10.5 Å². The van der Waals surface area contributed by atoms with Gasteiger partial charge >= 0.3 is 12.1 Å². The lowest BCUT2D eigenvalue weighted by molar-refractivity contribution is 0.0697. The number of aryl methyl sites for hydroxylation is 1. The van der Waals surface area contributed by atoms with Crippen LogP contribution in [0.3, 0.4) is 0 Å². The number of anilines is 1. The van der Waals surface area contributed by atoms with Crippen molar-refractivity contribution in [1.82, 2.24) is 0 Å². The number of aromatic carboxylic acids is 1. The maximum atomic E-state index is 12.9. The maximum absolute atomic E-state index is 12.9. The van der Waals surface area contributed by atoms with Crippen LogP contribution in [0.2, 0.25) is 0 Å². The molecular formula is C25H23NO4. The fourth-order valence-corrected chi connectivity index (χ4v) is 4.13. The van der Waals surface area contributed by atoms with Crippen LogP contribution in [0.15, 0.2) is 66.7 Å². The van der Waals surface area contributed by atoms with Crippen LogP contribution in [0.25, 0.3) is 11.1 Å². The molecule has 4 rings (SSSR count). The lowest BCUT2D eigenvalue weighted by Crippen LogP contribution is -2.33. The van der Waals surface area contributed by atoms with Crippen molar-refractivity contribution >= 4 is 17.7 Å². The van der Waals surface area contributed by atoms with E-state index in [2.05, 4.69) is 24.3 Å². The maximum Gasteiger partial charge on any atom is 0.414 e. The number of carboxylic acid groups (broad SMARTS) is 1. The average molecular weight is 401 g/mol. The summed E-state index contributed by atoms with van der Waals surface area (Å²) in [4.78, 5) is 26.0. The number of hydrogen-bond acceptors (Lipinski definition) is 3. The standard InChI is InChI=1S/C25H23NO4/c1-3-26(23-13-12-16(2)14-21(23)24(27)28)25(29)30-15-22-19-10-6-4-8-17(19)18-9-5-7-11-20(18)22/h4-14,22H,3,15H2,1-2H3,(H,27,28). The third-order valence-corrected chi connectivity index (χ3v) is 5.55. The molecule has 0 aromatic heterocycles. The highest BCUT2D eigenvalue weighted by atomic mass is 16.6. The van der Waals surface area contributed by atoms with Gasteiger partial charge in [0, 0.05) is 12.5 Å². The molecule has 0 unspecified atom stereocenters. The normalized spacial score (nSPS) is 12.2. The van der Waals surface area contributed by atoms with Crippen molar-refractivity contribution in [2.75, 3.05) is 18.1 Å². The number of carbonyl (C=O) groups excluding carboxylic acids is 1. The summed E-state index contributed by atoms with van der Waals surface area (Å²) in [5.41, 5.74) is 5.84. The number of amides is 1. The Morgan fingerprint density at radius 1 is 0.967 bits per heavy atom. The van der Waals surface area contributed by atoms with E-state index in [1.54, 1.807) is 25.1 Å². The van der Waals surface area contributed by atoms with Gasteiger partial charge in [-0.05, 0) is 48.2 Å². The molecule has 1 amide bonds. The summed E-state index contributed by atoms with van der Waals surface area (Å²) in [6.07, 6.45) is -0.550. The largest absolute Gasteiger partial charge is 0.478 e. The molecule has 30 heavy (non-hydrogen) atoms. The quantitative estimate of drug-likeness (QED) is 0.616. The van der Waals surface area contributed by atoms with E-state index in [4.69, 9.17) is 4.74 Å². The van der Waals surface area contributed by atoms with E-state index in [0.29, 0.717) is 12.2 Å². The minimum atomic E-state index is -1.07. The minimum absolute atomic E-state index is 0.0444. The highest BCUT2D eigenvalue weighted by Crippen LogP contribution is 2.44. The van der Waals surface area contributed by atoms with Gasteiger partial charge in [0.05, 0.1) is 11.3 Å². The number of nitrogens with zero attached hydrogens (tertiary/aromatic N) is 1. The summed E-state index contributed by atoms with van der Waals surface area (Å²) in [5, 5.41) is 9.56. The minimum Gasteiger partial charge on any atom is -0.478 e. The molecule has 0 saturated heterocycles. The lowest BCUT2D eigenvalue weighted by Gasteiger charge is -2.24.